The van der Waals surface area contributed by atoms with E-state index in [1.165, 1.54) is 4.90 Å². The lowest BCUT2D eigenvalue weighted by Crippen LogP contribution is -2.37. The molecule has 2 rings (SSSR count). The van der Waals surface area contributed by atoms with Crippen LogP contribution in [0.4, 0.5) is 5.69 Å². The lowest BCUT2D eigenvalue weighted by Gasteiger charge is -2.17. The van der Waals surface area contributed by atoms with Crippen molar-refractivity contribution in [3.63, 3.8) is 0 Å². The third-order valence-corrected chi connectivity index (χ3v) is 4.07. The lowest BCUT2D eigenvalue weighted by atomic mass is 10.3. The number of hydrogen-bond acceptors (Lipinski definition) is 3. The number of carbonyl (C=O) groups excluding carboxylic acids is 2. The zero-order chi connectivity index (χ0) is 17.5. The molecule has 0 heterocycles. The summed E-state index contributed by atoms with van der Waals surface area (Å²) in [4.78, 5) is 25.3. The van der Waals surface area contributed by atoms with Crippen LogP contribution in [0.1, 0.15) is 0 Å². The van der Waals surface area contributed by atoms with E-state index in [1.54, 1.807) is 37.4 Å². The summed E-state index contributed by atoms with van der Waals surface area (Å²) in [6.07, 6.45) is 0. The van der Waals surface area contributed by atoms with Crippen molar-refractivity contribution < 1.29 is 14.3 Å². The largest absolute Gasteiger partial charge is 0.484 e. The van der Waals surface area contributed by atoms with Gasteiger partial charge in [-0.25, -0.2) is 0 Å². The van der Waals surface area contributed by atoms with Gasteiger partial charge < -0.3 is 15.0 Å². The van der Waals surface area contributed by atoms with Crippen molar-refractivity contribution >= 4 is 45.0 Å². The molecule has 0 radical (unpaired) electrons. The zero-order valence-electron chi connectivity index (χ0n) is 13.0. The third-order valence-electron chi connectivity index (χ3n) is 3.13. The van der Waals surface area contributed by atoms with Crippen LogP contribution in [0.2, 0.25) is 5.02 Å². The van der Waals surface area contributed by atoms with Crippen molar-refractivity contribution in [2.75, 3.05) is 25.5 Å². The lowest BCUT2D eigenvalue weighted by molar-refractivity contribution is -0.135. The summed E-state index contributed by atoms with van der Waals surface area (Å²) >= 11 is 9.13. The Kier molecular flexibility index (Phi) is 6.63. The molecule has 2 aromatic carbocycles. The first-order chi connectivity index (χ1) is 11.5. The Morgan fingerprint density at radius 2 is 1.83 bits per heavy atom. The van der Waals surface area contributed by atoms with Crippen LogP contribution in [0.25, 0.3) is 0 Å². The molecule has 2 amide bonds. The van der Waals surface area contributed by atoms with Gasteiger partial charge in [-0.05, 0) is 52.3 Å². The zero-order valence-corrected chi connectivity index (χ0v) is 15.3. The minimum Gasteiger partial charge on any atom is -0.484 e. The van der Waals surface area contributed by atoms with Crippen LogP contribution >= 0.6 is 27.5 Å². The Balaban J connectivity index is 1.81. The summed E-state index contributed by atoms with van der Waals surface area (Å²) < 4.78 is 6.15. The highest BCUT2D eigenvalue weighted by Crippen LogP contribution is 2.21. The Morgan fingerprint density at radius 1 is 1.17 bits per heavy atom. The van der Waals surface area contributed by atoms with Crippen molar-refractivity contribution in [1.82, 2.24) is 4.90 Å². The van der Waals surface area contributed by atoms with E-state index >= 15 is 0 Å². The maximum atomic E-state index is 12.0. The van der Waals surface area contributed by atoms with E-state index in [9.17, 15) is 9.59 Å². The number of amides is 2. The van der Waals surface area contributed by atoms with Gasteiger partial charge in [-0.3, -0.25) is 9.59 Å². The number of hydrogen-bond donors (Lipinski definition) is 1. The average molecular weight is 412 g/mol. The number of rotatable bonds is 6. The summed E-state index contributed by atoms with van der Waals surface area (Å²) in [5.41, 5.74) is 0.653. The molecule has 24 heavy (non-hydrogen) atoms. The molecule has 1 N–H and O–H groups in total. The van der Waals surface area contributed by atoms with Crippen molar-refractivity contribution in [2.45, 2.75) is 0 Å². The molecular formula is C17H16BrClN2O3. The van der Waals surface area contributed by atoms with Gasteiger partial charge in [0.15, 0.2) is 6.61 Å². The molecule has 0 spiro atoms. The summed E-state index contributed by atoms with van der Waals surface area (Å²) in [6.45, 7) is -0.218. The number of anilines is 1. The second-order valence-corrected chi connectivity index (χ2v) is 6.31. The number of nitrogens with zero attached hydrogens (tertiary/aromatic N) is 1. The van der Waals surface area contributed by atoms with Crippen LogP contribution < -0.4 is 10.1 Å². The molecule has 2 aromatic rings. The maximum absolute atomic E-state index is 12.0. The first kappa shape index (κ1) is 18.3. The second kappa shape index (κ2) is 8.70. The SMILES string of the molecule is CN(CC(=O)Nc1ccccc1Br)C(=O)COc1ccc(Cl)cc1. The van der Waals surface area contributed by atoms with E-state index < -0.39 is 0 Å². The second-order valence-electron chi connectivity index (χ2n) is 5.02. The predicted molar refractivity (Wildman–Crippen MR) is 97.4 cm³/mol. The number of likely N-dealkylation sites (N-methyl/N-ethyl adjacent to an activating group) is 1. The van der Waals surface area contributed by atoms with Crippen molar-refractivity contribution in [3.8, 4) is 5.75 Å². The number of ether oxygens (including phenoxy) is 1. The van der Waals surface area contributed by atoms with Crippen LogP contribution in [-0.2, 0) is 9.59 Å². The first-order valence-corrected chi connectivity index (χ1v) is 8.29. The minimum absolute atomic E-state index is 0.0653. The average Bonchev–Trinajstić information content (AvgIpc) is 2.56. The van der Waals surface area contributed by atoms with Crippen LogP contribution in [0, 0.1) is 0 Å². The molecule has 0 bridgehead atoms. The van der Waals surface area contributed by atoms with E-state index in [1.807, 2.05) is 18.2 Å². The number of para-hydroxylation sites is 1. The van der Waals surface area contributed by atoms with Gasteiger partial charge in [0, 0.05) is 16.5 Å². The van der Waals surface area contributed by atoms with E-state index in [0.717, 1.165) is 4.47 Å². The normalized spacial score (nSPS) is 10.1. The number of benzene rings is 2. The molecule has 0 atom stereocenters. The smallest absolute Gasteiger partial charge is 0.260 e. The maximum Gasteiger partial charge on any atom is 0.260 e. The van der Waals surface area contributed by atoms with Crippen LogP contribution in [0.3, 0.4) is 0 Å². The molecule has 0 saturated carbocycles. The molecule has 0 aliphatic heterocycles. The molecular weight excluding hydrogens is 396 g/mol. The first-order valence-electron chi connectivity index (χ1n) is 7.12. The van der Waals surface area contributed by atoms with Gasteiger partial charge in [-0.2, -0.15) is 0 Å². The van der Waals surface area contributed by atoms with E-state index in [0.29, 0.717) is 16.5 Å². The molecule has 0 aliphatic rings. The van der Waals surface area contributed by atoms with Gasteiger partial charge in [0.05, 0.1) is 12.2 Å². The molecule has 0 unspecified atom stereocenters. The summed E-state index contributed by atoms with van der Waals surface area (Å²) in [6, 6.07) is 14.0. The Bertz CT molecular complexity index is 722. The monoisotopic (exact) mass is 410 g/mol. The van der Waals surface area contributed by atoms with Gasteiger partial charge >= 0.3 is 0 Å². The van der Waals surface area contributed by atoms with Gasteiger partial charge in [0.1, 0.15) is 5.75 Å². The fraction of sp³-hybridized carbons (Fsp3) is 0.176. The van der Waals surface area contributed by atoms with Crippen LogP contribution in [0.5, 0.6) is 5.75 Å². The predicted octanol–water partition coefficient (Wildman–Crippen LogP) is 3.58. The number of halogens is 2. The molecule has 0 aromatic heterocycles. The van der Waals surface area contributed by atoms with Crippen molar-refractivity contribution in [1.29, 1.82) is 0 Å². The number of carbonyl (C=O) groups is 2. The van der Waals surface area contributed by atoms with Crippen LogP contribution in [-0.4, -0.2) is 36.9 Å². The Hall–Kier alpha value is -2.05. The highest BCUT2D eigenvalue weighted by Gasteiger charge is 2.14. The van der Waals surface area contributed by atoms with Gasteiger partial charge in [0.2, 0.25) is 5.91 Å². The standard InChI is InChI=1S/C17H16BrClN2O3/c1-21(10-16(22)20-15-5-3-2-4-14(15)18)17(23)11-24-13-8-6-12(19)7-9-13/h2-9H,10-11H2,1H3,(H,20,22). The Morgan fingerprint density at radius 3 is 2.50 bits per heavy atom. The molecule has 0 fully saturated rings. The topological polar surface area (TPSA) is 58.6 Å². The van der Waals surface area contributed by atoms with E-state index in [4.69, 9.17) is 16.3 Å². The fourth-order valence-electron chi connectivity index (χ4n) is 1.84. The molecule has 126 valence electrons. The minimum atomic E-state index is -0.299. The van der Waals surface area contributed by atoms with Gasteiger partial charge in [-0.15, -0.1) is 0 Å². The molecule has 0 aliphatic carbocycles. The van der Waals surface area contributed by atoms with Gasteiger partial charge in [-0.1, -0.05) is 23.7 Å². The number of nitrogens with one attached hydrogen (secondary N) is 1. The summed E-state index contributed by atoms with van der Waals surface area (Å²) in [5, 5.41) is 3.33. The highest BCUT2D eigenvalue weighted by molar-refractivity contribution is 9.10. The quantitative estimate of drug-likeness (QED) is 0.790. The molecule has 5 nitrogen and oxygen atoms in total. The molecule has 0 saturated heterocycles. The summed E-state index contributed by atoms with van der Waals surface area (Å²) in [5.74, 6) is -0.0460. The third kappa shape index (κ3) is 5.54. The van der Waals surface area contributed by atoms with Crippen molar-refractivity contribution in [2.24, 2.45) is 0 Å². The van der Waals surface area contributed by atoms with E-state index in [2.05, 4.69) is 21.2 Å². The van der Waals surface area contributed by atoms with Crippen LogP contribution in [0.15, 0.2) is 53.0 Å². The fourth-order valence-corrected chi connectivity index (χ4v) is 2.35. The Labute approximate surface area is 153 Å². The molecule has 7 heteroatoms. The van der Waals surface area contributed by atoms with Crippen molar-refractivity contribution in [3.05, 3.63) is 58.0 Å². The van der Waals surface area contributed by atoms with E-state index in [-0.39, 0.29) is 25.0 Å². The highest BCUT2D eigenvalue weighted by atomic mass is 79.9. The van der Waals surface area contributed by atoms with Gasteiger partial charge in [0.25, 0.3) is 5.91 Å². The summed E-state index contributed by atoms with van der Waals surface area (Å²) in [7, 11) is 1.55.